The first-order valence-electron chi connectivity index (χ1n) is 5.92. The van der Waals surface area contributed by atoms with Gasteiger partial charge in [0.1, 0.15) is 16.6 Å². The van der Waals surface area contributed by atoms with Crippen LogP contribution in [0.1, 0.15) is 5.56 Å². The molecule has 19 heavy (non-hydrogen) atoms. The number of nitrogens with zero attached hydrogens (tertiary/aromatic N) is 2. The second-order valence-electron chi connectivity index (χ2n) is 5.02. The molecule has 2 aromatic rings. The van der Waals surface area contributed by atoms with Crippen molar-refractivity contribution in [1.82, 2.24) is 19.9 Å². The summed E-state index contributed by atoms with van der Waals surface area (Å²) >= 11 is 0. The van der Waals surface area contributed by atoms with Gasteiger partial charge in [-0.1, -0.05) is 0 Å². The zero-order chi connectivity index (χ0) is 13.6. The van der Waals surface area contributed by atoms with E-state index in [1.54, 1.807) is 6.20 Å². The molecule has 6 N–H and O–H groups in total. The van der Waals surface area contributed by atoms with Crippen molar-refractivity contribution >= 4 is 17.0 Å². The Morgan fingerprint density at radius 1 is 1.53 bits per heavy atom. The molecule has 0 spiro atoms. The van der Waals surface area contributed by atoms with Crippen LogP contribution in [0.3, 0.4) is 0 Å². The molecule has 8 nitrogen and oxygen atoms in total. The summed E-state index contributed by atoms with van der Waals surface area (Å²) in [6, 6.07) is 0. The predicted molar refractivity (Wildman–Crippen MR) is 68.4 cm³/mol. The highest BCUT2D eigenvalue weighted by molar-refractivity contribution is 5.78. The Labute approximate surface area is 107 Å². The van der Waals surface area contributed by atoms with E-state index in [2.05, 4.69) is 15.0 Å². The quantitative estimate of drug-likeness (QED) is 0.453. The number of rotatable bonds is 3. The lowest BCUT2D eigenvalue weighted by molar-refractivity contribution is -0.128. The maximum atomic E-state index is 11.6. The molecule has 0 aromatic carbocycles. The van der Waals surface area contributed by atoms with Gasteiger partial charge in [0, 0.05) is 31.4 Å². The van der Waals surface area contributed by atoms with Crippen molar-refractivity contribution in [2.75, 3.05) is 25.4 Å². The number of aliphatic hydroxyl groups is 2. The van der Waals surface area contributed by atoms with E-state index in [1.165, 1.54) is 0 Å². The molecule has 0 radical (unpaired) electrons. The van der Waals surface area contributed by atoms with E-state index in [1.807, 2.05) is 4.90 Å². The van der Waals surface area contributed by atoms with Crippen LogP contribution < -0.4 is 11.3 Å². The van der Waals surface area contributed by atoms with Crippen LogP contribution >= 0.6 is 0 Å². The topological polar surface area (TPSA) is 131 Å². The summed E-state index contributed by atoms with van der Waals surface area (Å²) in [5.74, 6) is 0.0776. The number of fused-ring (bicyclic) bond motifs is 1. The van der Waals surface area contributed by atoms with E-state index in [0.717, 1.165) is 5.56 Å². The molecule has 8 heteroatoms. The standard InChI is InChI=1S/C11H15N5O3/c12-10-14-7-6(1-13-8(7)9(18)15-10)2-16-3-11(19,4-16)5-17/h1,13,17,19H,2-5H2,(H3,12,14,15,18). The molecule has 1 aliphatic heterocycles. The number of hydrogen-bond donors (Lipinski definition) is 5. The van der Waals surface area contributed by atoms with Gasteiger partial charge in [0.25, 0.3) is 5.56 Å². The highest BCUT2D eigenvalue weighted by Gasteiger charge is 2.40. The largest absolute Gasteiger partial charge is 0.393 e. The van der Waals surface area contributed by atoms with Gasteiger partial charge in [-0.05, 0) is 0 Å². The monoisotopic (exact) mass is 265 g/mol. The minimum atomic E-state index is -1.00. The van der Waals surface area contributed by atoms with Crippen LogP contribution in [-0.4, -0.2) is 55.4 Å². The number of nitrogens with one attached hydrogen (secondary N) is 2. The van der Waals surface area contributed by atoms with Crippen LogP contribution in [0.25, 0.3) is 11.0 Å². The zero-order valence-corrected chi connectivity index (χ0v) is 10.2. The smallest absolute Gasteiger partial charge is 0.276 e. The molecule has 3 rings (SSSR count). The van der Waals surface area contributed by atoms with Crippen molar-refractivity contribution < 1.29 is 10.2 Å². The number of aromatic nitrogens is 3. The van der Waals surface area contributed by atoms with E-state index < -0.39 is 5.60 Å². The summed E-state index contributed by atoms with van der Waals surface area (Å²) in [4.78, 5) is 23.0. The lowest BCUT2D eigenvalue weighted by Crippen LogP contribution is -2.63. The fraction of sp³-hybridized carbons (Fsp3) is 0.455. The molecule has 0 amide bonds. The van der Waals surface area contributed by atoms with Crippen LogP contribution in [0.2, 0.25) is 0 Å². The normalized spacial score (nSPS) is 18.6. The Morgan fingerprint density at radius 3 is 2.95 bits per heavy atom. The lowest BCUT2D eigenvalue weighted by Gasteiger charge is -2.45. The average molecular weight is 265 g/mol. The third kappa shape index (κ3) is 1.99. The molecule has 3 heterocycles. The zero-order valence-electron chi connectivity index (χ0n) is 10.2. The predicted octanol–water partition coefficient (Wildman–Crippen LogP) is -1.63. The fourth-order valence-electron chi connectivity index (χ4n) is 2.44. The first-order chi connectivity index (χ1) is 9.00. The van der Waals surface area contributed by atoms with E-state index in [0.29, 0.717) is 30.7 Å². The number of anilines is 1. The maximum absolute atomic E-state index is 11.6. The first kappa shape index (κ1) is 12.2. The molecule has 1 saturated heterocycles. The fourth-order valence-corrected chi connectivity index (χ4v) is 2.44. The van der Waals surface area contributed by atoms with Crippen LogP contribution in [0.15, 0.2) is 11.0 Å². The number of H-pyrrole nitrogens is 2. The maximum Gasteiger partial charge on any atom is 0.276 e. The van der Waals surface area contributed by atoms with Gasteiger partial charge in [-0.25, -0.2) is 4.98 Å². The van der Waals surface area contributed by atoms with Gasteiger partial charge in [-0.15, -0.1) is 0 Å². The summed E-state index contributed by atoms with van der Waals surface area (Å²) < 4.78 is 0. The molecule has 102 valence electrons. The number of hydrogen-bond acceptors (Lipinski definition) is 6. The molecule has 1 fully saturated rings. The molecule has 1 aliphatic rings. The van der Waals surface area contributed by atoms with Gasteiger partial charge in [-0.3, -0.25) is 14.7 Å². The van der Waals surface area contributed by atoms with Crippen molar-refractivity contribution in [1.29, 1.82) is 0 Å². The molecule has 0 bridgehead atoms. The highest BCUT2D eigenvalue weighted by atomic mass is 16.3. The summed E-state index contributed by atoms with van der Waals surface area (Å²) in [5.41, 5.74) is 6.00. The van der Waals surface area contributed by atoms with E-state index in [-0.39, 0.29) is 18.1 Å². The summed E-state index contributed by atoms with van der Waals surface area (Å²) in [6.07, 6.45) is 1.71. The second kappa shape index (κ2) is 4.05. The van der Waals surface area contributed by atoms with Gasteiger partial charge in [0.05, 0.1) is 6.61 Å². The molecular formula is C11H15N5O3. The minimum absolute atomic E-state index is 0.0776. The third-order valence-corrected chi connectivity index (χ3v) is 3.36. The number of aromatic amines is 2. The number of aliphatic hydroxyl groups excluding tert-OH is 1. The molecular weight excluding hydrogens is 250 g/mol. The van der Waals surface area contributed by atoms with E-state index in [9.17, 15) is 9.90 Å². The Morgan fingerprint density at radius 2 is 2.26 bits per heavy atom. The average Bonchev–Trinajstić information content (AvgIpc) is 2.70. The van der Waals surface area contributed by atoms with Gasteiger partial charge >= 0.3 is 0 Å². The molecule has 0 unspecified atom stereocenters. The van der Waals surface area contributed by atoms with Crippen LogP contribution in [-0.2, 0) is 6.54 Å². The Bertz CT molecular complexity index is 671. The molecule has 0 saturated carbocycles. The SMILES string of the molecule is Nc1nc2c(CN3CC(O)(CO)C3)c[nH]c2c(=O)[nH]1. The number of nitrogen functional groups attached to an aromatic ring is 1. The van der Waals surface area contributed by atoms with Gasteiger partial charge < -0.3 is 20.9 Å². The van der Waals surface area contributed by atoms with Crippen LogP contribution in [0.5, 0.6) is 0 Å². The summed E-state index contributed by atoms with van der Waals surface area (Å²) in [7, 11) is 0. The summed E-state index contributed by atoms with van der Waals surface area (Å²) in [6.45, 7) is 1.09. The van der Waals surface area contributed by atoms with Crippen molar-refractivity contribution in [2.45, 2.75) is 12.1 Å². The van der Waals surface area contributed by atoms with E-state index in [4.69, 9.17) is 10.8 Å². The van der Waals surface area contributed by atoms with Crippen molar-refractivity contribution in [3.05, 3.63) is 22.1 Å². The van der Waals surface area contributed by atoms with Crippen molar-refractivity contribution in [2.24, 2.45) is 0 Å². The van der Waals surface area contributed by atoms with Gasteiger partial charge in [-0.2, -0.15) is 0 Å². The first-order valence-corrected chi connectivity index (χ1v) is 5.92. The van der Waals surface area contributed by atoms with E-state index >= 15 is 0 Å². The highest BCUT2D eigenvalue weighted by Crippen LogP contribution is 2.24. The minimum Gasteiger partial charge on any atom is -0.393 e. The number of likely N-dealkylation sites (tertiary alicyclic amines) is 1. The second-order valence-corrected chi connectivity index (χ2v) is 5.02. The van der Waals surface area contributed by atoms with Gasteiger partial charge in [0.2, 0.25) is 5.95 Å². The Balaban J connectivity index is 1.85. The van der Waals surface area contributed by atoms with Crippen LogP contribution in [0.4, 0.5) is 5.95 Å². The molecule has 2 aromatic heterocycles. The van der Waals surface area contributed by atoms with Crippen LogP contribution in [0, 0.1) is 0 Å². The number of β-amino-alcohol motifs (C(OH)–C–C–N with tert-alkyl or cyclic N) is 1. The molecule has 0 aliphatic carbocycles. The van der Waals surface area contributed by atoms with Gasteiger partial charge in [0.15, 0.2) is 0 Å². The number of nitrogens with two attached hydrogens (primary N) is 1. The van der Waals surface area contributed by atoms with Crippen molar-refractivity contribution in [3.63, 3.8) is 0 Å². The molecule has 0 atom stereocenters. The lowest BCUT2D eigenvalue weighted by atomic mass is 9.95. The summed E-state index contributed by atoms with van der Waals surface area (Å²) in [5, 5.41) is 18.7. The Hall–Kier alpha value is -1.90. The Kier molecular flexibility index (Phi) is 2.59. The third-order valence-electron chi connectivity index (χ3n) is 3.36. The van der Waals surface area contributed by atoms with Crippen molar-refractivity contribution in [3.8, 4) is 0 Å².